The first-order chi connectivity index (χ1) is 10.5. The molecule has 0 bridgehead atoms. The fourth-order valence-electron chi connectivity index (χ4n) is 2.96. The second-order valence-corrected chi connectivity index (χ2v) is 6.31. The number of benzene rings is 1. The maximum atomic E-state index is 14.3. The number of hydrogen-bond donors (Lipinski definition) is 1. The van der Waals surface area contributed by atoms with Crippen molar-refractivity contribution >= 4 is 0 Å². The number of halogens is 1. The predicted molar refractivity (Wildman–Crippen MR) is 86.5 cm³/mol. The molecule has 22 heavy (non-hydrogen) atoms. The van der Waals surface area contributed by atoms with Gasteiger partial charge in [-0.05, 0) is 48.9 Å². The Morgan fingerprint density at radius 3 is 2.91 bits per heavy atom. The zero-order valence-electron chi connectivity index (χ0n) is 13.1. The molecular formula is C18H22FN3. The fraction of sp³-hybridized carbons (Fsp3) is 0.389. The largest absolute Gasteiger partial charge is 0.268 e. The molecule has 1 atom stereocenters. The van der Waals surface area contributed by atoms with Gasteiger partial charge in [0.2, 0.25) is 0 Å². The maximum absolute atomic E-state index is 14.3. The van der Waals surface area contributed by atoms with Gasteiger partial charge in [-0.3, -0.25) is 10.8 Å². The lowest BCUT2D eigenvalue weighted by Crippen LogP contribution is -2.34. The SMILES string of the molecule is Cc1cccc(-c2ccc3c(n2)CC(C)CCN(N)C3)c1F. The molecule has 0 amide bonds. The van der Waals surface area contributed by atoms with Crippen LogP contribution in [-0.2, 0) is 13.0 Å². The van der Waals surface area contributed by atoms with E-state index in [1.807, 2.05) is 23.2 Å². The van der Waals surface area contributed by atoms with Crippen molar-refractivity contribution in [3.63, 3.8) is 0 Å². The van der Waals surface area contributed by atoms with Crippen LogP contribution in [0, 0.1) is 18.7 Å². The number of aromatic nitrogens is 1. The number of hydrazine groups is 1. The molecule has 0 fully saturated rings. The van der Waals surface area contributed by atoms with Crippen LogP contribution in [0.1, 0.15) is 30.2 Å². The maximum Gasteiger partial charge on any atom is 0.135 e. The van der Waals surface area contributed by atoms with Crippen molar-refractivity contribution in [3.05, 3.63) is 53.0 Å². The minimum Gasteiger partial charge on any atom is -0.268 e. The van der Waals surface area contributed by atoms with Crippen LogP contribution in [-0.4, -0.2) is 16.5 Å². The first-order valence-corrected chi connectivity index (χ1v) is 7.78. The van der Waals surface area contributed by atoms with Gasteiger partial charge in [0.15, 0.2) is 0 Å². The number of aryl methyl sites for hydroxylation is 1. The summed E-state index contributed by atoms with van der Waals surface area (Å²) in [5, 5.41) is 1.84. The van der Waals surface area contributed by atoms with Gasteiger partial charge in [-0.1, -0.05) is 25.1 Å². The molecule has 1 aliphatic heterocycles. The fourth-order valence-corrected chi connectivity index (χ4v) is 2.96. The third kappa shape index (κ3) is 3.03. The van der Waals surface area contributed by atoms with Crippen molar-refractivity contribution in [2.24, 2.45) is 11.8 Å². The van der Waals surface area contributed by atoms with Crippen molar-refractivity contribution < 1.29 is 4.39 Å². The van der Waals surface area contributed by atoms with E-state index >= 15 is 0 Å². The van der Waals surface area contributed by atoms with Crippen molar-refractivity contribution in [1.29, 1.82) is 0 Å². The van der Waals surface area contributed by atoms with Crippen LogP contribution in [0.15, 0.2) is 30.3 Å². The Hall–Kier alpha value is -1.78. The van der Waals surface area contributed by atoms with Crippen molar-refractivity contribution in [2.75, 3.05) is 6.54 Å². The lowest BCUT2D eigenvalue weighted by Gasteiger charge is -2.25. The lowest BCUT2D eigenvalue weighted by molar-refractivity contribution is 0.243. The van der Waals surface area contributed by atoms with Crippen LogP contribution >= 0.6 is 0 Å². The minimum atomic E-state index is -0.186. The highest BCUT2D eigenvalue weighted by Gasteiger charge is 2.18. The summed E-state index contributed by atoms with van der Waals surface area (Å²) in [4.78, 5) is 4.75. The topological polar surface area (TPSA) is 42.2 Å². The molecule has 0 aliphatic carbocycles. The molecule has 2 N–H and O–H groups in total. The molecule has 1 unspecified atom stereocenters. The third-order valence-corrected chi connectivity index (χ3v) is 4.36. The average molecular weight is 299 g/mol. The Labute approximate surface area is 130 Å². The molecule has 2 aromatic rings. The number of rotatable bonds is 1. The second kappa shape index (κ2) is 6.15. The molecular weight excluding hydrogens is 277 g/mol. The van der Waals surface area contributed by atoms with Gasteiger partial charge < -0.3 is 0 Å². The quantitative estimate of drug-likeness (QED) is 0.820. The molecule has 4 heteroatoms. The van der Waals surface area contributed by atoms with Crippen LogP contribution in [0.2, 0.25) is 0 Å². The zero-order valence-corrected chi connectivity index (χ0v) is 13.1. The van der Waals surface area contributed by atoms with E-state index < -0.39 is 0 Å². The van der Waals surface area contributed by atoms with E-state index in [4.69, 9.17) is 10.8 Å². The van der Waals surface area contributed by atoms with Gasteiger partial charge in [-0.25, -0.2) is 9.40 Å². The Morgan fingerprint density at radius 2 is 2.09 bits per heavy atom. The molecule has 1 aromatic carbocycles. The first kappa shape index (κ1) is 15.1. The molecule has 0 radical (unpaired) electrons. The number of pyridine rings is 1. The Morgan fingerprint density at radius 1 is 1.27 bits per heavy atom. The molecule has 0 spiro atoms. The highest BCUT2D eigenvalue weighted by Crippen LogP contribution is 2.26. The van der Waals surface area contributed by atoms with Crippen LogP contribution in [0.5, 0.6) is 0 Å². The highest BCUT2D eigenvalue weighted by atomic mass is 19.1. The Kier molecular flexibility index (Phi) is 4.23. The van der Waals surface area contributed by atoms with E-state index in [9.17, 15) is 4.39 Å². The monoisotopic (exact) mass is 299 g/mol. The molecule has 3 nitrogen and oxygen atoms in total. The van der Waals surface area contributed by atoms with E-state index in [0.717, 1.165) is 30.6 Å². The minimum absolute atomic E-state index is 0.186. The van der Waals surface area contributed by atoms with Crippen molar-refractivity contribution in [1.82, 2.24) is 9.99 Å². The third-order valence-electron chi connectivity index (χ3n) is 4.36. The Bertz CT molecular complexity index is 684. The summed E-state index contributed by atoms with van der Waals surface area (Å²) in [6.45, 7) is 5.59. The van der Waals surface area contributed by atoms with Gasteiger partial charge >= 0.3 is 0 Å². The molecule has 1 aromatic heterocycles. The number of nitrogens with zero attached hydrogens (tertiary/aromatic N) is 2. The number of fused-ring (bicyclic) bond motifs is 1. The van der Waals surface area contributed by atoms with Gasteiger partial charge in [0.1, 0.15) is 5.82 Å². The summed E-state index contributed by atoms with van der Waals surface area (Å²) >= 11 is 0. The first-order valence-electron chi connectivity index (χ1n) is 7.78. The lowest BCUT2D eigenvalue weighted by atomic mass is 9.95. The normalized spacial score (nSPS) is 19.4. The predicted octanol–water partition coefficient (Wildman–Crippen LogP) is 3.45. The van der Waals surface area contributed by atoms with E-state index in [2.05, 4.69) is 6.92 Å². The van der Waals surface area contributed by atoms with Crippen molar-refractivity contribution in [3.8, 4) is 11.3 Å². The summed E-state index contributed by atoms with van der Waals surface area (Å²) in [6, 6.07) is 9.38. The molecule has 116 valence electrons. The molecule has 0 saturated carbocycles. The van der Waals surface area contributed by atoms with Crippen LogP contribution in [0.4, 0.5) is 4.39 Å². The van der Waals surface area contributed by atoms with Gasteiger partial charge in [-0.2, -0.15) is 0 Å². The van der Waals surface area contributed by atoms with Gasteiger partial charge in [-0.15, -0.1) is 0 Å². The van der Waals surface area contributed by atoms with Crippen molar-refractivity contribution in [2.45, 2.75) is 33.2 Å². The van der Waals surface area contributed by atoms with Crippen LogP contribution in [0.3, 0.4) is 0 Å². The van der Waals surface area contributed by atoms with Crippen LogP contribution < -0.4 is 5.84 Å². The molecule has 3 rings (SSSR count). The Balaban J connectivity index is 2.04. The zero-order chi connectivity index (χ0) is 15.7. The smallest absolute Gasteiger partial charge is 0.135 e. The summed E-state index contributed by atoms with van der Waals surface area (Å²) in [7, 11) is 0. The summed E-state index contributed by atoms with van der Waals surface area (Å²) in [6.07, 6.45) is 1.98. The number of hydrogen-bond acceptors (Lipinski definition) is 3. The van der Waals surface area contributed by atoms with E-state index in [1.165, 1.54) is 0 Å². The van der Waals surface area contributed by atoms with Gasteiger partial charge in [0.25, 0.3) is 0 Å². The highest BCUT2D eigenvalue weighted by molar-refractivity contribution is 5.61. The molecule has 2 heterocycles. The standard InChI is InChI=1S/C18H22FN3/c1-12-8-9-22(20)11-14-6-7-16(21-17(14)10-12)15-5-3-4-13(2)18(15)19/h3-7,12H,8-11,20H2,1-2H3. The number of nitrogens with two attached hydrogens (primary N) is 1. The summed E-state index contributed by atoms with van der Waals surface area (Å²) in [5.74, 6) is 6.36. The van der Waals surface area contributed by atoms with E-state index in [0.29, 0.717) is 29.3 Å². The summed E-state index contributed by atoms with van der Waals surface area (Å²) < 4.78 is 14.3. The van der Waals surface area contributed by atoms with Gasteiger partial charge in [0, 0.05) is 24.3 Å². The second-order valence-electron chi connectivity index (χ2n) is 6.31. The van der Waals surface area contributed by atoms with Crippen LogP contribution in [0.25, 0.3) is 11.3 Å². The molecule has 1 aliphatic rings. The van der Waals surface area contributed by atoms with E-state index in [1.54, 1.807) is 19.1 Å². The van der Waals surface area contributed by atoms with Gasteiger partial charge in [0.05, 0.1) is 5.69 Å². The average Bonchev–Trinajstić information content (AvgIpc) is 2.48. The summed E-state index contributed by atoms with van der Waals surface area (Å²) in [5.41, 5.74) is 4.11. The molecule has 0 saturated heterocycles. The van der Waals surface area contributed by atoms with E-state index in [-0.39, 0.29) is 5.82 Å².